The summed E-state index contributed by atoms with van der Waals surface area (Å²) in [5.41, 5.74) is 1.48. The summed E-state index contributed by atoms with van der Waals surface area (Å²) in [6, 6.07) is 9.70. The molecule has 3 rings (SSSR count). The van der Waals surface area contributed by atoms with E-state index in [2.05, 4.69) is 10.4 Å². The van der Waals surface area contributed by atoms with E-state index in [1.807, 2.05) is 44.2 Å². The Bertz CT molecular complexity index is 757. The summed E-state index contributed by atoms with van der Waals surface area (Å²) >= 11 is 0. The highest BCUT2D eigenvalue weighted by atomic mass is 16.6. The molecule has 7 nitrogen and oxygen atoms in total. The van der Waals surface area contributed by atoms with E-state index < -0.39 is 0 Å². The van der Waals surface area contributed by atoms with Gasteiger partial charge in [0, 0.05) is 31.4 Å². The second-order valence-corrected chi connectivity index (χ2v) is 6.75. The number of amides is 2. The fraction of sp³-hybridized carbons (Fsp3) is 0.421. The number of nitrogens with one attached hydrogen (secondary N) is 1. The van der Waals surface area contributed by atoms with E-state index >= 15 is 0 Å². The quantitative estimate of drug-likeness (QED) is 0.893. The third-order valence-corrected chi connectivity index (χ3v) is 4.38. The molecule has 1 aromatic heterocycles. The first kappa shape index (κ1) is 18.0. The zero-order valence-electron chi connectivity index (χ0n) is 15.1. The number of likely N-dealkylation sites (tertiary alicyclic amines) is 1. The first-order valence-corrected chi connectivity index (χ1v) is 8.83. The van der Waals surface area contributed by atoms with Crippen LogP contribution in [0.15, 0.2) is 42.7 Å². The number of carbonyl (C=O) groups is 2. The highest BCUT2D eigenvalue weighted by Gasteiger charge is 2.28. The van der Waals surface area contributed by atoms with Gasteiger partial charge in [-0.2, -0.15) is 5.10 Å². The molecule has 7 heteroatoms. The van der Waals surface area contributed by atoms with Crippen molar-refractivity contribution < 1.29 is 14.3 Å². The van der Waals surface area contributed by atoms with Crippen LogP contribution in [0.5, 0.6) is 0 Å². The van der Waals surface area contributed by atoms with Gasteiger partial charge in [-0.25, -0.2) is 4.79 Å². The highest BCUT2D eigenvalue weighted by Crippen LogP contribution is 2.13. The molecule has 2 aromatic rings. The van der Waals surface area contributed by atoms with E-state index in [0.29, 0.717) is 25.1 Å². The number of hydrogen-bond donors (Lipinski definition) is 1. The molecule has 0 bridgehead atoms. The topological polar surface area (TPSA) is 76.5 Å². The average Bonchev–Trinajstić information content (AvgIpc) is 3.30. The number of ether oxygens (including phenoxy) is 1. The predicted molar refractivity (Wildman–Crippen MR) is 96.7 cm³/mol. The molecular formula is C19H24N4O3. The molecule has 1 aromatic carbocycles. The summed E-state index contributed by atoms with van der Waals surface area (Å²) in [4.78, 5) is 26.1. The fourth-order valence-corrected chi connectivity index (χ4v) is 2.86. The van der Waals surface area contributed by atoms with E-state index in [1.54, 1.807) is 22.0 Å². The van der Waals surface area contributed by atoms with Crippen LogP contribution in [0.25, 0.3) is 0 Å². The molecule has 1 fully saturated rings. The van der Waals surface area contributed by atoms with Crippen molar-refractivity contribution in [3.63, 3.8) is 0 Å². The molecule has 1 aliphatic rings. The van der Waals surface area contributed by atoms with E-state index in [4.69, 9.17) is 4.74 Å². The standard InChI is InChI=1S/C19H24N4O3/c1-14(2)23-11-16(10-20-23)18(24)21-17-8-9-22(12-17)19(25)26-13-15-6-4-3-5-7-15/h3-7,10-11,14,17H,8-9,12-13H2,1-2H3,(H,21,24)/t17-/m0/s1. The van der Waals surface area contributed by atoms with E-state index in [1.165, 1.54) is 0 Å². The van der Waals surface area contributed by atoms with Crippen LogP contribution in [0.4, 0.5) is 4.79 Å². The summed E-state index contributed by atoms with van der Waals surface area (Å²) in [5, 5.41) is 7.14. The molecule has 26 heavy (non-hydrogen) atoms. The largest absolute Gasteiger partial charge is 0.445 e. The Kier molecular flexibility index (Phi) is 5.55. The van der Waals surface area contributed by atoms with Crippen molar-refractivity contribution in [2.45, 2.75) is 39.0 Å². The number of hydrogen-bond acceptors (Lipinski definition) is 4. The molecule has 1 aliphatic heterocycles. The Balaban J connectivity index is 1.47. The Morgan fingerprint density at radius 3 is 2.77 bits per heavy atom. The molecule has 0 unspecified atom stereocenters. The molecule has 138 valence electrons. The van der Waals surface area contributed by atoms with Gasteiger partial charge in [0.2, 0.25) is 0 Å². The molecule has 1 N–H and O–H groups in total. The number of carbonyl (C=O) groups excluding carboxylic acids is 2. The number of aromatic nitrogens is 2. The molecule has 0 radical (unpaired) electrons. The van der Waals surface area contributed by atoms with E-state index in [0.717, 1.165) is 5.56 Å². The van der Waals surface area contributed by atoms with Crippen molar-refractivity contribution in [3.05, 3.63) is 53.9 Å². The maximum atomic E-state index is 12.3. The third kappa shape index (κ3) is 4.41. The fourth-order valence-electron chi connectivity index (χ4n) is 2.86. The first-order chi connectivity index (χ1) is 12.5. The van der Waals surface area contributed by atoms with Crippen molar-refractivity contribution in [2.24, 2.45) is 0 Å². The second-order valence-electron chi connectivity index (χ2n) is 6.75. The van der Waals surface area contributed by atoms with Gasteiger partial charge in [0.25, 0.3) is 5.91 Å². The average molecular weight is 356 g/mol. The first-order valence-electron chi connectivity index (χ1n) is 8.83. The molecule has 1 atom stereocenters. The molecule has 0 spiro atoms. The second kappa shape index (κ2) is 8.03. The Labute approximate surface area is 152 Å². The molecule has 1 saturated heterocycles. The van der Waals surface area contributed by atoms with Crippen molar-refractivity contribution in [3.8, 4) is 0 Å². The molecule has 2 heterocycles. The van der Waals surface area contributed by atoms with Gasteiger partial charge in [-0.15, -0.1) is 0 Å². The Morgan fingerprint density at radius 2 is 2.08 bits per heavy atom. The predicted octanol–water partition coefficient (Wildman–Crippen LogP) is 2.60. The summed E-state index contributed by atoms with van der Waals surface area (Å²) in [5.74, 6) is -0.165. The minimum absolute atomic E-state index is 0.0748. The van der Waals surface area contributed by atoms with Crippen LogP contribution in [0.2, 0.25) is 0 Å². The normalized spacial score (nSPS) is 16.7. The molecule has 2 amide bonds. The van der Waals surface area contributed by atoms with Crippen molar-refractivity contribution in [2.75, 3.05) is 13.1 Å². The molecule has 0 saturated carbocycles. The zero-order valence-corrected chi connectivity index (χ0v) is 15.1. The SMILES string of the molecule is CC(C)n1cc(C(=O)N[C@H]2CCN(C(=O)OCc3ccccc3)C2)cn1. The van der Waals surface area contributed by atoms with Crippen LogP contribution < -0.4 is 5.32 Å². The van der Waals surface area contributed by atoms with Crippen molar-refractivity contribution in [1.29, 1.82) is 0 Å². The smallest absolute Gasteiger partial charge is 0.410 e. The monoisotopic (exact) mass is 356 g/mol. The zero-order chi connectivity index (χ0) is 18.5. The van der Waals surface area contributed by atoms with Gasteiger partial charge in [0.05, 0.1) is 11.8 Å². The van der Waals surface area contributed by atoms with Gasteiger partial charge in [0.15, 0.2) is 0 Å². The van der Waals surface area contributed by atoms with Crippen LogP contribution >= 0.6 is 0 Å². The van der Waals surface area contributed by atoms with Crippen LogP contribution in [0, 0.1) is 0 Å². The number of nitrogens with zero attached hydrogens (tertiary/aromatic N) is 3. The van der Waals surface area contributed by atoms with Crippen LogP contribution in [0.3, 0.4) is 0 Å². The van der Waals surface area contributed by atoms with Gasteiger partial charge < -0.3 is 15.0 Å². The Morgan fingerprint density at radius 1 is 1.31 bits per heavy atom. The van der Waals surface area contributed by atoms with Gasteiger partial charge in [0.1, 0.15) is 6.61 Å². The van der Waals surface area contributed by atoms with Gasteiger partial charge >= 0.3 is 6.09 Å². The molecule has 0 aliphatic carbocycles. The van der Waals surface area contributed by atoms with Gasteiger partial charge in [-0.05, 0) is 25.8 Å². The van der Waals surface area contributed by atoms with Crippen molar-refractivity contribution >= 4 is 12.0 Å². The Hall–Kier alpha value is -2.83. The lowest BCUT2D eigenvalue weighted by atomic mass is 10.2. The third-order valence-electron chi connectivity index (χ3n) is 4.38. The number of rotatable bonds is 5. The van der Waals surface area contributed by atoms with E-state index in [9.17, 15) is 9.59 Å². The van der Waals surface area contributed by atoms with Crippen molar-refractivity contribution in [1.82, 2.24) is 20.0 Å². The van der Waals surface area contributed by atoms with Crippen LogP contribution in [-0.4, -0.2) is 45.8 Å². The lowest BCUT2D eigenvalue weighted by Gasteiger charge is -2.17. The van der Waals surface area contributed by atoms with Crippen LogP contribution in [-0.2, 0) is 11.3 Å². The lowest BCUT2D eigenvalue weighted by Crippen LogP contribution is -2.38. The summed E-state index contributed by atoms with van der Waals surface area (Å²) < 4.78 is 7.09. The molecular weight excluding hydrogens is 332 g/mol. The highest BCUT2D eigenvalue weighted by molar-refractivity contribution is 5.94. The number of benzene rings is 1. The van der Waals surface area contributed by atoms with Gasteiger partial charge in [-0.1, -0.05) is 30.3 Å². The minimum Gasteiger partial charge on any atom is -0.445 e. The maximum Gasteiger partial charge on any atom is 0.410 e. The van der Waals surface area contributed by atoms with E-state index in [-0.39, 0.29) is 30.7 Å². The lowest BCUT2D eigenvalue weighted by molar-refractivity contribution is 0.0922. The van der Waals surface area contributed by atoms with Gasteiger partial charge in [-0.3, -0.25) is 9.48 Å². The van der Waals surface area contributed by atoms with Crippen LogP contribution in [0.1, 0.15) is 42.2 Å². The summed E-state index contributed by atoms with van der Waals surface area (Å²) in [6.07, 6.45) is 3.67. The summed E-state index contributed by atoms with van der Waals surface area (Å²) in [6.45, 7) is 5.29. The summed E-state index contributed by atoms with van der Waals surface area (Å²) in [7, 11) is 0. The maximum absolute atomic E-state index is 12.3. The minimum atomic E-state index is -0.349.